The average molecular weight is 411 g/mol. The lowest BCUT2D eigenvalue weighted by molar-refractivity contribution is -0.126. The number of ether oxygens (including phenoxy) is 2. The number of fused-ring (bicyclic) bond motifs is 1. The van der Waals surface area contributed by atoms with Crippen molar-refractivity contribution in [3.8, 4) is 5.75 Å². The van der Waals surface area contributed by atoms with Gasteiger partial charge in [0.1, 0.15) is 11.9 Å². The Hall–Kier alpha value is -1.58. The van der Waals surface area contributed by atoms with E-state index in [1.54, 1.807) is 7.11 Å². The number of aliphatic imine (C=N–C) groups is 1. The van der Waals surface area contributed by atoms with Gasteiger partial charge in [0.2, 0.25) is 0 Å². The van der Waals surface area contributed by atoms with Crippen molar-refractivity contribution in [2.45, 2.75) is 36.8 Å². The van der Waals surface area contributed by atoms with Gasteiger partial charge in [-0.2, -0.15) is 4.99 Å². The monoisotopic (exact) mass is 410 g/mol. The van der Waals surface area contributed by atoms with Crippen molar-refractivity contribution in [3.05, 3.63) is 29.8 Å². The topological polar surface area (TPSA) is 85.3 Å². The van der Waals surface area contributed by atoms with Crippen LogP contribution in [0.25, 0.3) is 0 Å². The predicted octanol–water partition coefficient (Wildman–Crippen LogP) is 1.47. The average Bonchev–Trinajstić information content (AvgIpc) is 3.32. The van der Waals surface area contributed by atoms with E-state index >= 15 is 0 Å². The number of amidine groups is 1. The Bertz CT molecular complexity index is 864. The van der Waals surface area contributed by atoms with E-state index < -0.39 is 15.9 Å². The minimum atomic E-state index is -3.06. The summed E-state index contributed by atoms with van der Waals surface area (Å²) < 4.78 is 34.9. The Morgan fingerprint density at radius 1 is 1.41 bits per heavy atom. The summed E-state index contributed by atoms with van der Waals surface area (Å²) in [6.45, 7) is 1.07. The van der Waals surface area contributed by atoms with Crippen LogP contribution in [0.1, 0.15) is 18.4 Å². The summed E-state index contributed by atoms with van der Waals surface area (Å²) >= 11 is 1.40. The van der Waals surface area contributed by atoms with Gasteiger partial charge in [0, 0.05) is 18.4 Å². The predicted molar refractivity (Wildman–Crippen MR) is 104 cm³/mol. The van der Waals surface area contributed by atoms with Crippen LogP contribution in [0, 0.1) is 0 Å². The number of hydrogen-bond donors (Lipinski definition) is 0. The summed E-state index contributed by atoms with van der Waals surface area (Å²) in [5.74, 6) is 0.698. The Balaban J connectivity index is 1.60. The van der Waals surface area contributed by atoms with E-state index in [4.69, 9.17) is 9.47 Å². The van der Waals surface area contributed by atoms with Crippen LogP contribution in [-0.2, 0) is 25.9 Å². The van der Waals surface area contributed by atoms with E-state index in [-0.39, 0.29) is 28.7 Å². The Morgan fingerprint density at radius 3 is 3.00 bits per heavy atom. The first kappa shape index (κ1) is 18.8. The number of nitrogens with zero attached hydrogens (tertiary/aromatic N) is 2. The SMILES string of the molecule is COc1cccc(CN2C(=NC(=O)[C@@H]3CCCO3)S[C@@H]3CS(=O)(=O)C[C@H]32)c1. The third kappa shape index (κ3) is 4.00. The number of carbonyl (C=O) groups excluding carboxylic acids is 1. The maximum absolute atomic E-state index is 12.5. The molecule has 3 saturated heterocycles. The first-order chi connectivity index (χ1) is 12.9. The number of thioether (sulfide) groups is 1. The van der Waals surface area contributed by atoms with Gasteiger partial charge in [0.15, 0.2) is 15.0 Å². The Morgan fingerprint density at radius 2 is 2.26 bits per heavy atom. The number of rotatable bonds is 4. The molecule has 0 spiro atoms. The van der Waals surface area contributed by atoms with Crippen molar-refractivity contribution in [3.63, 3.8) is 0 Å². The molecule has 1 aromatic rings. The summed E-state index contributed by atoms with van der Waals surface area (Å²) in [4.78, 5) is 18.7. The molecular weight excluding hydrogens is 388 g/mol. The lowest BCUT2D eigenvalue weighted by Crippen LogP contribution is -2.37. The third-order valence-corrected chi connectivity index (χ3v) is 8.32. The zero-order chi connectivity index (χ0) is 19.0. The van der Waals surface area contributed by atoms with Crippen molar-refractivity contribution in [2.75, 3.05) is 25.2 Å². The van der Waals surface area contributed by atoms with Crippen molar-refractivity contribution in [2.24, 2.45) is 4.99 Å². The Kier molecular flexibility index (Phi) is 5.17. The van der Waals surface area contributed by atoms with Crippen molar-refractivity contribution < 1.29 is 22.7 Å². The first-order valence-corrected chi connectivity index (χ1v) is 11.7. The van der Waals surface area contributed by atoms with Crippen LogP contribution in [0.4, 0.5) is 0 Å². The molecule has 3 atom stereocenters. The van der Waals surface area contributed by atoms with Crippen LogP contribution < -0.4 is 4.74 Å². The normalized spacial score (nSPS) is 30.6. The lowest BCUT2D eigenvalue weighted by atomic mass is 10.1. The van der Waals surface area contributed by atoms with Gasteiger partial charge < -0.3 is 14.4 Å². The molecule has 0 N–H and O–H groups in total. The highest BCUT2D eigenvalue weighted by atomic mass is 32.2. The van der Waals surface area contributed by atoms with Crippen molar-refractivity contribution >= 4 is 32.7 Å². The quantitative estimate of drug-likeness (QED) is 0.743. The van der Waals surface area contributed by atoms with E-state index in [1.165, 1.54) is 11.8 Å². The minimum absolute atomic E-state index is 0.0864. The van der Waals surface area contributed by atoms with Gasteiger partial charge in [-0.3, -0.25) is 4.79 Å². The molecule has 9 heteroatoms. The Labute approximate surface area is 163 Å². The standard InChI is InChI=1S/C18H22N2O5S2/c1-24-13-5-2-4-12(8-13)9-20-14-10-27(22,23)11-16(14)26-18(20)19-17(21)15-6-3-7-25-15/h2,4-5,8,14-16H,3,6-7,9-11H2,1H3/t14-,15+,16-/m1/s1. The van der Waals surface area contributed by atoms with Gasteiger partial charge in [-0.1, -0.05) is 23.9 Å². The fraction of sp³-hybridized carbons (Fsp3) is 0.556. The summed E-state index contributed by atoms with van der Waals surface area (Å²) in [5.41, 5.74) is 0.983. The fourth-order valence-electron chi connectivity index (χ4n) is 3.73. The molecule has 0 radical (unpaired) electrons. The highest BCUT2D eigenvalue weighted by Gasteiger charge is 2.48. The van der Waals surface area contributed by atoms with Gasteiger partial charge in [-0.15, -0.1) is 0 Å². The largest absolute Gasteiger partial charge is 0.497 e. The zero-order valence-electron chi connectivity index (χ0n) is 15.0. The molecule has 4 rings (SSSR count). The van der Waals surface area contributed by atoms with Crippen molar-refractivity contribution in [1.29, 1.82) is 0 Å². The molecule has 0 aromatic heterocycles. The molecule has 27 heavy (non-hydrogen) atoms. The smallest absolute Gasteiger partial charge is 0.277 e. The molecule has 3 aliphatic heterocycles. The fourth-order valence-corrected chi connectivity index (χ4v) is 7.68. The zero-order valence-corrected chi connectivity index (χ0v) is 16.7. The maximum Gasteiger partial charge on any atom is 0.277 e. The van der Waals surface area contributed by atoms with Crippen LogP contribution in [0.3, 0.4) is 0 Å². The molecule has 1 amide bonds. The molecule has 3 heterocycles. The molecule has 0 saturated carbocycles. The number of methoxy groups -OCH3 is 1. The lowest BCUT2D eigenvalue weighted by Gasteiger charge is -2.24. The van der Waals surface area contributed by atoms with Gasteiger partial charge >= 0.3 is 0 Å². The van der Waals surface area contributed by atoms with E-state index in [0.29, 0.717) is 24.7 Å². The number of carbonyl (C=O) groups is 1. The highest BCUT2D eigenvalue weighted by Crippen LogP contribution is 2.39. The molecule has 3 aliphatic rings. The van der Waals surface area contributed by atoms with Gasteiger partial charge in [-0.25, -0.2) is 8.42 Å². The number of hydrogen-bond acceptors (Lipinski definition) is 6. The third-order valence-electron chi connectivity index (χ3n) is 5.07. The second-order valence-corrected chi connectivity index (χ2v) is 10.4. The first-order valence-electron chi connectivity index (χ1n) is 8.96. The van der Waals surface area contributed by atoms with Gasteiger partial charge in [0.05, 0.1) is 24.7 Å². The molecule has 146 valence electrons. The summed E-state index contributed by atoms with van der Waals surface area (Å²) in [6, 6.07) is 7.47. The molecule has 1 aromatic carbocycles. The van der Waals surface area contributed by atoms with Crippen LogP contribution in [0.15, 0.2) is 29.3 Å². The highest BCUT2D eigenvalue weighted by molar-refractivity contribution is 8.15. The van der Waals surface area contributed by atoms with Crippen LogP contribution >= 0.6 is 11.8 Å². The maximum atomic E-state index is 12.5. The van der Waals surface area contributed by atoms with Crippen LogP contribution in [-0.4, -0.2) is 67.0 Å². The molecule has 0 aliphatic carbocycles. The summed E-state index contributed by atoms with van der Waals surface area (Å²) in [6.07, 6.45) is 1.09. The minimum Gasteiger partial charge on any atom is -0.497 e. The van der Waals surface area contributed by atoms with Crippen molar-refractivity contribution in [1.82, 2.24) is 4.90 Å². The number of amides is 1. The second-order valence-electron chi connectivity index (χ2n) is 7.01. The van der Waals surface area contributed by atoms with Crippen LogP contribution in [0.5, 0.6) is 5.75 Å². The van der Waals surface area contributed by atoms with E-state index in [0.717, 1.165) is 17.7 Å². The molecule has 7 nitrogen and oxygen atoms in total. The van der Waals surface area contributed by atoms with Gasteiger partial charge in [-0.05, 0) is 30.5 Å². The molecule has 0 bridgehead atoms. The summed E-state index contributed by atoms with van der Waals surface area (Å²) in [5, 5.41) is 0.514. The van der Waals surface area contributed by atoms with E-state index in [2.05, 4.69) is 4.99 Å². The molecule has 0 unspecified atom stereocenters. The molecule has 3 fully saturated rings. The van der Waals surface area contributed by atoms with E-state index in [1.807, 2.05) is 29.2 Å². The van der Waals surface area contributed by atoms with E-state index in [9.17, 15) is 13.2 Å². The second kappa shape index (κ2) is 7.44. The number of sulfone groups is 1. The van der Waals surface area contributed by atoms with Crippen LogP contribution in [0.2, 0.25) is 0 Å². The van der Waals surface area contributed by atoms with Gasteiger partial charge in [0.25, 0.3) is 5.91 Å². The number of benzene rings is 1. The molecular formula is C18H22N2O5S2. The summed E-state index contributed by atoms with van der Waals surface area (Å²) in [7, 11) is -1.45.